The molecule has 136 valence electrons. The van der Waals surface area contributed by atoms with E-state index in [2.05, 4.69) is 13.8 Å². The van der Waals surface area contributed by atoms with E-state index in [1.165, 1.54) is 4.90 Å². The zero-order valence-electron chi connectivity index (χ0n) is 15.0. The smallest absolute Gasteiger partial charge is 0.261 e. The van der Waals surface area contributed by atoms with Crippen LogP contribution in [-0.4, -0.2) is 37.3 Å². The van der Waals surface area contributed by atoms with Gasteiger partial charge in [0.25, 0.3) is 11.8 Å². The Hall–Kier alpha value is -1.53. The predicted octanol–water partition coefficient (Wildman–Crippen LogP) is 2.70. The number of amides is 2. The SMILES string of the molecule is CC1C(C)C(CN2C(=O)c3ccccc3C2=O)C(C)C(S(=O)[O-])C1C. The summed E-state index contributed by atoms with van der Waals surface area (Å²) in [5, 5.41) is -0.452. The molecule has 1 fully saturated rings. The topological polar surface area (TPSA) is 77.5 Å². The molecule has 1 aromatic carbocycles. The molecule has 6 heteroatoms. The van der Waals surface area contributed by atoms with Crippen LogP contribution < -0.4 is 0 Å². The first-order valence-corrected chi connectivity index (χ1v) is 9.92. The molecule has 3 rings (SSSR count). The molecule has 1 aliphatic carbocycles. The standard InChI is InChI=1S/C19H25NO4S/c1-10-11(2)16(13(4)17(12(10)3)25(23)24)9-20-18(21)14-7-5-6-8-15(14)19(20)22/h5-8,10-13,16-17H,9H2,1-4H3,(H,23,24)/p-1. The first-order valence-electron chi connectivity index (χ1n) is 8.79. The van der Waals surface area contributed by atoms with Crippen LogP contribution in [0.5, 0.6) is 0 Å². The normalized spacial score (nSPS) is 36.4. The summed E-state index contributed by atoms with van der Waals surface area (Å²) in [6.07, 6.45) is 0. The summed E-state index contributed by atoms with van der Waals surface area (Å²) in [6, 6.07) is 6.84. The lowest BCUT2D eigenvalue weighted by molar-refractivity contribution is 0.0384. The highest BCUT2D eigenvalue weighted by molar-refractivity contribution is 7.79. The predicted molar refractivity (Wildman–Crippen MR) is 94.7 cm³/mol. The molecule has 2 amide bonds. The average molecular weight is 362 g/mol. The summed E-state index contributed by atoms with van der Waals surface area (Å²) < 4.78 is 23.5. The molecule has 25 heavy (non-hydrogen) atoms. The molecule has 1 heterocycles. The highest BCUT2D eigenvalue weighted by atomic mass is 32.2. The van der Waals surface area contributed by atoms with Crippen LogP contribution in [0.2, 0.25) is 0 Å². The van der Waals surface area contributed by atoms with E-state index < -0.39 is 16.3 Å². The number of rotatable bonds is 3. The van der Waals surface area contributed by atoms with E-state index in [0.29, 0.717) is 11.1 Å². The molecule has 2 aliphatic rings. The number of hydrogen-bond donors (Lipinski definition) is 0. The fourth-order valence-electron chi connectivity index (χ4n) is 4.67. The second kappa shape index (κ2) is 6.65. The zero-order chi connectivity index (χ0) is 18.5. The maximum atomic E-state index is 12.6. The second-order valence-corrected chi connectivity index (χ2v) is 8.66. The van der Waals surface area contributed by atoms with Crippen LogP contribution in [-0.2, 0) is 11.1 Å². The molecule has 1 aliphatic heterocycles. The van der Waals surface area contributed by atoms with Gasteiger partial charge in [-0.25, -0.2) is 0 Å². The van der Waals surface area contributed by atoms with Gasteiger partial charge in [0.15, 0.2) is 0 Å². The zero-order valence-corrected chi connectivity index (χ0v) is 15.8. The minimum atomic E-state index is -2.17. The number of imide groups is 1. The Morgan fingerprint density at radius 3 is 1.92 bits per heavy atom. The van der Waals surface area contributed by atoms with Gasteiger partial charge in [-0.3, -0.25) is 18.7 Å². The van der Waals surface area contributed by atoms with Gasteiger partial charge in [0.05, 0.1) is 11.1 Å². The monoisotopic (exact) mass is 362 g/mol. The first-order chi connectivity index (χ1) is 11.8. The van der Waals surface area contributed by atoms with Crippen LogP contribution in [0.4, 0.5) is 0 Å². The van der Waals surface area contributed by atoms with Crippen molar-refractivity contribution >= 4 is 22.9 Å². The fourth-order valence-corrected chi connectivity index (χ4v) is 5.82. The molecular formula is C19H24NO4S-. The van der Waals surface area contributed by atoms with Crippen LogP contribution in [0, 0.1) is 29.6 Å². The van der Waals surface area contributed by atoms with Crippen molar-refractivity contribution in [3.8, 4) is 0 Å². The van der Waals surface area contributed by atoms with Crippen molar-refractivity contribution in [1.82, 2.24) is 4.90 Å². The summed E-state index contributed by atoms with van der Waals surface area (Å²) in [5.41, 5.74) is 0.878. The number of carbonyl (C=O) groups excluding carboxylic acids is 2. The maximum absolute atomic E-state index is 12.6. The number of fused-ring (bicyclic) bond motifs is 1. The van der Waals surface area contributed by atoms with E-state index in [-0.39, 0.29) is 47.9 Å². The molecule has 0 spiro atoms. The number of benzene rings is 1. The van der Waals surface area contributed by atoms with Crippen molar-refractivity contribution in [1.29, 1.82) is 0 Å². The number of carbonyl (C=O) groups is 2. The summed E-state index contributed by atoms with van der Waals surface area (Å²) in [5.74, 6) is -0.188. The molecule has 0 radical (unpaired) electrons. The third-order valence-corrected chi connectivity index (χ3v) is 7.84. The second-order valence-electron chi connectivity index (χ2n) is 7.59. The number of nitrogens with zero attached hydrogens (tertiary/aromatic N) is 1. The third-order valence-electron chi connectivity index (χ3n) is 6.54. The lowest BCUT2D eigenvalue weighted by Crippen LogP contribution is -2.51. The molecule has 5 nitrogen and oxygen atoms in total. The molecule has 0 N–H and O–H groups in total. The lowest BCUT2D eigenvalue weighted by atomic mass is 9.63. The highest BCUT2D eigenvalue weighted by Crippen LogP contribution is 2.44. The van der Waals surface area contributed by atoms with Gasteiger partial charge < -0.3 is 4.55 Å². The first kappa shape index (κ1) is 18.3. The molecule has 0 bridgehead atoms. The lowest BCUT2D eigenvalue weighted by Gasteiger charge is -2.49. The van der Waals surface area contributed by atoms with E-state index in [4.69, 9.17) is 0 Å². The Labute approximate surface area is 151 Å². The largest absolute Gasteiger partial charge is 0.772 e. The van der Waals surface area contributed by atoms with Crippen LogP contribution in [0.1, 0.15) is 48.4 Å². The minimum absolute atomic E-state index is 0.0312. The van der Waals surface area contributed by atoms with Crippen LogP contribution in [0.25, 0.3) is 0 Å². The van der Waals surface area contributed by atoms with Gasteiger partial charge in [-0.2, -0.15) is 0 Å². The van der Waals surface area contributed by atoms with Crippen LogP contribution in [0.3, 0.4) is 0 Å². The molecule has 7 atom stereocenters. The summed E-state index contributed by atoms with van der Waals surface area (Å²) in [4.78, 5) is 26.6. The van der Waals surface area contributed by atoms with E-state index in [9.17, 15) is 18.4 Å². The van der Waals surface area contributed by atoms with Crippen molar-refractivity contribution in [3.63, 3.8) is 0 Å². The van der Waals surface area contributed by atoms with E-state index in [1.807, 2.05) is 13.8 Å². The highest BCUT2D eigenvalue weighted by Gasteiger charge is 2.46. The van der Waals surface area contributed by atoms with Crippen LogP contribution >= 0.6 is 0 Å². The summed E-state index contributed by atoms with van der Waals surface area (Å²) in [6.45, 7) is 8.36. The van der Waals surface area contributed by atoms with Gasteiger partial charge in [0, 0.05) is 11.8 Å². The molecule has 1 saturated carbocycles. The molecule has 0 saturated heterocycles. The number of hydrogen-bond acceptors (Lipinski definition) is 4. The Kier molecular flexibility index (Phi) is 4.86. The maximum Gasteiger partial charge on any atom is 0.261 e. The van der Waals surface area contributed by atoms with Crippen molar-refractivity contribution in [2.75, 3.05) is 6.54 Å². The van der Waals surface area contributed by atoms with Gasteiger partial charge in [0.1, 0.15) is 0 Å². The van der Waals surface area contributed by atoms with Gasteiger partial charge in [-0.15, -0.1) is 0 Å². The van der Waals surface area contributed by atoms with Gasteiger partial charge in [0.2, 0.25) is 0 Å². The minimum Gasteiger partial charge on any atom is -0.772 e. The Balaban J connectivity index is 1.88. The molecule has 0 aromatic heterocycles. The van der Waals surface area contributed by atoms with Crippen molar-refractivity contribution in [3.05, 3.63) is 35.4 Å². The average Bonchev–Trinajstić information content (AvgIpc) is 2.81. The van der Waals surface area contributed by atoms with E-state index in [1.54, 1.807) is 24.3 Å². The summed E-state index contributed by atoms with van der Waals surface area (Å²) >= 11 is -2.17. The van der Waals surface area contributed by atoms with Gasteiger partial charge in [-0.1, -0.05) is 50.9 Å². The fraction of sp³-hybridized carbons (Fsp3) is 0.579. The van der Waals surface area contributed by atoms with Crippen molar-refractivity contribution in [2.45, 2.75) is 32.9 Å². The Bertz CT molecular complexity index is 699. The Morgan fingerprint density at radius 1 is 0.920 bits per heavy atom. The molecule has 7 unspecified atom stereocenters. The summed E-state index contributed by atoms with van der Waals surface area (Å²) in [7, 11) is 0. The molecular weight excluding hydrogens is 338 g/mol. The quantitative estimate of drug-likeness (QED) is 0.612. The molecule has 1 aromatic rings. The van der Waals surface area contributed by atoms with Crippen LogP contribution in [0.15, 0.2) is 24.3 Å². The van der Waals surface area contributed by atoms with Crippen molar-refractivity contribution in [2.24, 2.45) is 29.6 Å². The van der Waals surface area contributed by atoms with E-state index in [0.717, 1.165) is 0 Å². The van der Waals surface area contributed by atoms with Gasteiger partial charge >= 0.3 is 0 Å². The third kappa shape index (κ3) is 2.85. The van der Waals surface area contributed by atoms with E-state index >= 15 is 0 Å². The van der Waals surface area contributed by atoms with Gasteiger partial charge in [-0.05, 0) is 41.7 Å². The Morgan fingerprint density at radius 2 is 1.44 bits per heavy atom. The van der Waals surface area contributed by atoms with Crippen molar-refractivity contribution < 1.29 is 18.4 Å².